The molecule has 28 heavy (non-hydrogen) atoms. The van der Waals surface area contributed by atoms with Gasteiger partial charge in [0.25, 0.3) is 0 Å². The van der Waals surface area contributed by atoms with Crippen LogP contribution in [0.2, 0.25) is 0 Å². The summed E-state index contributed by atoms with van der Waals surface area (Å²) in [4.78, 5) is 12.6. The van der Waals surface area contributed by atoms with E-state index in [1.165, 1.54) is 5.56 Å². The molecule has 146 valence electrons. The van der Waals surface area contributed by atoms with Gasteiger partial charge in [0.2, 0.25) is 0 Å². The van der Waals surface area contributed by atoms with Crippen molar-refractivity contribution < 1.29 is 9.53 Å². The molecule has 4 rings (SSSR count). The van der Waals surface area contributed by atoms with Crippen molar-refractivity contribution in [3.63, 3.8) is 0 Å². The zero-order chi connectivity index (χ0) is 20.5. The number of ether oxygens (including phenoxy) is 1. The van der Waals surface area contributed by atoms with Crippen LogP contribution in [0.25, 0.3) is 21.9 Å². The number of nitrogens with two attached hydrogens (primary N) is 1. The van der Waals surface area contributed by atoms with E-state index in [1.54, 1.807) is 7.11 Å². The van der Waals surface area contributed by atoms with Crippen molar-refractivity contribution in [1.29, 1.82) is 0 Å². The highest BCUT2D eigenvalue weighted by molar-refractivity contribution is 6.06. The van der Waals surface area contributed by atoms with E-state index in [9.17, 15) is 0 Å². The van der Waals surface area contributed by atoms with Crippen LogP contribution < -0.4 is 10.5 Å². The van der Waals surface area contributed by atoms with Crippen LogP contribution in [0, 0.1) is 0 Å². The number of aromatic nitrogens is 2. The summed E-state index contributed by atoms with van der Waals surface area (Å²) >= 11 is 0. The second-order valence-electron chi connectivity index (χ2n) is 5.86. The Balaban J connectivity index is 0.000000660. The highest BCUT2D eigenvalue weighted by Crippen LogP contribution is 2.30. The van der Waals surface area contributed by atoms with Crippen molar-refractivity contribution in [2.75, 3.05) is 7.11 Å². The molecule has 5 heteroatoms. The van der Waals surface area contributed by atoms with Crippen LogP contribution >= 0.6 is 0 Å². The minimum Gasteiger partial charge on any atom is -0.497 e. The maximum atomic E-state index is 8.00. The molecule has 2 N–H and O–H groups in total. The van der Waals surface area contributed by atoms with E-state index in [0.717, 1.165) is 39.8 Å². The molecule has 0 aliphatic heterocycles. The standard InChI is InChI=1S/C20H19N3O.C2H6.CH2O/c1-24-16-8-9-17-19(11-16)23(18-3-2-10-22-20(17)18)13-15-6-4-14(12-21)5-7-15;2*1-2/h2-11H,12-13,21H2,1H3;1-2H3;1H2. The predicted octanol–water partition coefficient (Wildman–Crippen LogP) is 4.55. The summed E-state index contributed by atoms with van der Waals surface area (Å²) in [5, 5.41) is 1.14. The van der Waals surface area contributed by atoms with E-state index in [2.05, 4.69) is 52.0 Å². The maximum absolute atomic E-state index is 8.00. The second kappa shape index (κ2) is 10.2. The van der Waals surface area contributed by atoms with Gasteiger partial charge in [-0.25, -0.2) is 0 Å². The third-order valence-corrected chi connectivity index (χ3v) is 4.43. The topological polar surface area (TPSA) is 70.1 Å². The molecule has 2 heterocycles. The number of carbonyl (C=O) groups excluding carboxylic acids is 1. The molecule has 2 aromatic heterocycles. The molecule has 0 bridgehead atoms. The molecule has 0 spiro atoms. The first-order valence-electron chi connectivity index (χ1n) is 9.28. The fraction of sp³-hybridized carbons (Fsp3) is 0.217. The average molecular weight is 377 g/mol. The van der Waals surface area contributed by atoms with Crippen molar-refractivity contribution in [3.8, 4) is 5.75 Å². The quantitative estimate of drug-likeness (QED) is 0.566. The number of hydrogen-bond acceptors (Lipinski definition) is 4. The van der Waals surface area contributed by atoms with Crippen molar-refractivity contribution in [2.45, 2.75) is 26.9 Å². The molecule has 4 aromatic rings. The zero-order valence-corrected chi connectivity index (χ0v) is 16.7. The summed E-state index contributed by atoms with van der Waals surface area (Å²) in [6.45, 7) is 7.35. The highest BCUT2D eigenvalue weighted by Gasteiger charge is 2.12. The number of carbonyl (C=O) groups is 1. The molecule has 0 saturated heterocycles. The Morgan fingerprint density at radius 2 is 1.68 bits per heavy atom. The van der Waals surface area contributed by atoms with E-state index in [-0.39, 0.29) is 0 Å². The van der Waals surface area contributed by atoms with E-state index in [1.807, 2.05) is 39.0 Å². The largest absolute Gasteiger partial charge is 0.497 e. The minimum absolute atomic E-state index is 0.566. The Morgan fingerprint density at radius 1 is 1.00 bits per heavy atom. The lowest BCUT2D eigenvalue weighted by Gasteiger charge is -2.09. The number of nitrogens with zero attached hydrogens (tertiary/aromatic N) is 2. The number of methoxy groups -OCH3 is 1. The molecule has 0 fully saturated rings. The van der Waals surface area contributed by atoms with Crippen LogP contribution in [0.1, 0.15) is 25.0 Å². The molecular weight excluding hydrogens is 350 g/mol. The van der Waals surface area contributed by atoms with Gasteiger partial charge in [-0.05, 0) is 35.4 Å². The molecule has 5 nitrogen and oxygen atoms in total. The number of pyridine rings is 1. The van der Waals surface area contributed by atoms with Gasteiger partial charge >= 0.3 is 0 Å². The van der Waals surface area contributed by atoms with Gasteiger partial charge in [-0.2, -0.15) is 0 Å². The van der Waals surface area contributed by atoms with E-state index in [4.69, 9.17) is 15.3 Å². The predicted molar refractivity (Wildman–Crippen MR) is 116 cm³/mol. The van der Waals surface area contributed by atoms with Crippen LogP contribution in [-0.2, 0) is 17.9 Å². The van der Waals surface area contributed by atoms with Gasteiger partial charge < -0.3 is 19.8 Å². The number of hydrogen-bond donors (Lipinski definition) is 1. The van der Waals surface area contributed by atoms with Crippen molar-refractivity contribution in [2.24, 2.45) is 5.73 Å². The third kappa shape index (κ3) is 4.21. The van der Waals surface area contributed by atoms with Gasteiger partial charge in [0.15, 0.2) is 0 Å². The summed E-state index contributed by atoms with van der Waals surface area (Å²) < 4.78 is 7.70. The van der Waals surface area contributed by atoms with Gasteiger partial charge in [0.1, 0.15) is 12.5 Å². The summed E-state index contributed by atoms with van der Waals surface area (Å²) in [6.07, 6.45) is 1.84. The molecule has 0 saturated carbocycles. The zero-order valence-electron chi connectivity index (χ0n) is 16.7. The van der Waals surface area contributed by atoms with Crippen molar-refractivity contribution >= 4 is 28.7 Å². The highest BCUT2D eigenvalue weighted by atomic mass is 16.5. The first kappa shape index (κ1) is 21.1. The van der Waals surface area contributed by atoms with Crippen LogP contribution in [0.4, 0.5) is 0 Å². The molecule has 0 atom stereocenters. The van der Waals surface area contributed by atoms with Gasteiger partial charge in [-0.1, -0.05) is 38.1 Å². The maximum Gasteiger partial charge on any atom is 0.120 e. The minimum atomic E-state index is 0.566. The Hall–Kier alpha value is -3.18. The van der Waals surface area contributed by atoms with Crippen LogP contribution in [0.15, 0.2) is 60.8 Å². The van der Waals surface area contributed by atoms with E-state index in [0.29, 0.717) is 6.54 Å². The normalized spacial score (nSPS) is 10.0. The van der Waals surface area contributed by atoms with Gasteiger partial charge in [-0.15, -0.1) is 0 Å². The monoisotopic (exact) mass is 377 g/mol. The van der Waals surface area contributed by atoms with Crippen LogP contribution in [0.5, 0.6) is 5.75 Å². The first-order chi connectivity index (χ1) is 13.8. The molecule has 0 aliphatic rings. The summed E-state index contributed by atoms with van der Waals surface area (Å²) in [7, 11) is 1.69. The molecule has 0 amide bonds. The third-order valence-electron chi connectivity index (χ3n) is 4.43. The molecular formula is C23H27N3O2. The smallest absolute Gasteiger partial charge is 0.120 e. The fourth-order valence-corrected chi connectivity index (χ4v) is 3.15. The van der Waals surface area contributed by atoms with Crippen molar-refractivity contribution in [3.05, 3.63) is 71.9 Å². The fourth-order valence-electron chi connectivity index (χ4n) is 3.15. The lowest BCUT2D eigenvalue weighted by Crippen LogP contribution is -2.01. The lowest BCUT2D eigenvalue weighted by atomic mass is 10.1. The van der Waals surface area contributed by atoms with Gasteiger partial charge in [-0.3, -0.25) is 4.98 Å². The summed E-state index contributed by atoms with van der Waals surface area (Å²) in [5.41, 5.74) is 11.3. The SMILES string of the molecule is C=O.CC.COc1ccc2c3ncccc3n(Cc3ccc(CN)cc3)c2c1. The first-order valence-corrected chi connectivity index (χ1v) is 9.28. The number of rotatable bonds is 4. The van der Waals surface area contributed by atoms with E-state index >= 15 is 0 Å². The van der Waals surface area contributed by atoms with Crippen LogP contribution in [-0.4, -0.2) is 23.4 Å². The average Bonchev–Trinajstić information content (AvgIpc) is 3.10. The lowest BCUT2D eigenvalue weighted by molar-refractivity contribution is -0.0979. The van der Waals surface area contributed by atoms with Crippen LogP contribution in [0.3, 0.4) is 0 Å². The molecule has 0 radical (unpaired) electrons. The molecule has 2 aromatic carbocycles. The number of benzene rings is 2. The van der Waals surface area contributed by atoms with E-state index < -0.39 is 0 Å². The summed E-state index contributed by atoms with van der Waals surface area (Å²) in [6, 6.07) is 18.7. The Morgan fingerprint density at radius 3 is 2.32 bits per heavy atom. The Kier molecular flexibility index (Phi) is 7.72. The second-order valence-corrected chi connectivity index (χ2v) is 5.86. The number of fused-ring (bicyclic) bond motifs is 3. The Bertz CT molecular complexity index is 1020. The van der Waals surface area contributed by atoms with Gasteiger partial charge in [0, 0.05) is 30.7 Å². The molecule has 0 unspecified atom stereocenters. The Labute approximate surface area is 165 Å². The summed E-state index contributed by atoms with van der Waals surface area (Å²) in [5.74, 6) is 0.852. The molecule has 0 aliphatic carbocycles. The van der Waals surface area contributed by atoms with Crippen molar-refractivity contribution in [1.82, 2.24) is 9.55 Å². The van der Waals surface area contributed by atoms with Gasteiger partial charge in [0.05, 0.1) is 23.7 Å².